The Morgan fingerprint density at radius 2 is 2.16 bits per heavy atom. The van der Waals surface area contributed by atoms with Gasteiger partial charge in [0.05, 0.1) is 6.54 Å². The number of nitrogens with zero attached hydrogens (tertiary/aromatic N) is 4. The van der Waals surface area contributed by atoms with Crippen LogP contribution in [0, 0.1) is 0 Å². The zero-order chi connectivity index (χ0) is 13.8. The van der Waals surface area contributed by atoms with E-state index in [2.05, 4.69) is 15.1 Å². The summed E-state index contributed by atoms with van der Waals surface area (Å²) in [5.41, 5.74) is -0.210. The summed E-state index contributed by atoms with van der Waals surface area (Å²) in [7, 11) is 0. The highest BCUT2D eigenvalue weighted by Crippen LogP contribution is 2.06. The number of halogens is 1. The van der Waals surface area contributed by atoms with E-state index in [-0.39, 0.29) is 17.3 Å². The van der Waals surface area contributed by atoms with Crippen molar-refractivity contribution in [1.29, 1.82) is 0 Å². The van der Waals surface area contributed by atoms with Crippen LogP contribution in [0.5, 0.6) is 0 Å². The minimum Gasteiger partial charge on any atom is -0.339 e. The predicted molar refractivity (Wildman–Crippen MR) is 70.3 cm³/mol. The Kier molecular flexibility index (Phi) is 4.31. The molecule has 0 fully saturated rings. The molecule has 7 heteroatoms. The van der Waals surface area contributed by atoms with E-state index in [0.29, 0.717) is 24.0 Å². The highest BCUT2D eigenvalue weighted by Gasteiger charge is 2.11. The van der Waals surface area contributed by atoms with E-state index in [1.807, 2.05) is 13.8 Å². The molecule has 0 saturated heterocycles. The molecule has 0 aliphatic heterocycles. The molecule has 0 spiro atoms. The summed E-state index contributed by atoms with van der Waals surface area (Å²) >= 11 is 5.77. The molecule has 2 heterocycles. The maximum atomic E-state index is 11.9. The van der Waals surface area contributed by atoms with Gasteiger partial charge in [-0.25, -0.2) is 4.98 Å². The quantitative estimate of drug-likeness (QED) is 0.782. The lowest BCUT2D eigenvalue weighted by Crippen LogP contribution is -2.25. The van der Waals surface area contributed by atoms with Gasteiger partial charge in [0.1, 0.15) is 11.0 Å². The van der Waals surface area contributed by atoms with Crippen LogP contribution in [0.15, 0.2) is 15.4 Å². The van der Waals surface area contributed by atoms with Gasteiger partial charge in [-0.1, -0.05) is 30.6 Å². The third-order valence-corrected chi connectivity index (χ3v) is 2.84. The lowest BCUT2D eigenvalue weighted by molar-refractivity contribution is 0.370. The van der Waals surface area contributed by atoms with Crippen molar-refractivity contribution in [1.82, 2.24) is 19.7 Å². The first kappa shape index (κ1) is 13.7. The minimum atomic E-state index is -0.210. The first-order chi connectivity index (χ1) is 9.13. The summed E-state index contributed by atoms with van der Waals surface area (Å²) in [5.74, 6) is 1.68. The van der Waals surface area contributed by atoms with Crippen molar-refractivity contribution in [2.75, 3.05) is 0 Å². The average Bonchev–Trinajstić information content (AvgIpc) is 2.80. The Hall–Kier alpha value is -1.69. The Bertz CT molecular complexity index is 620. The SMILES string of the molecule is CCCc1nc(Cn2c(CC)nc(Cl)cc2=O)no1. The van der Waals surface area contributed by atoms with Gasteiger partial charge in [-0.15, -0.1) is 0 Å². The molecule has 0 aliphatic rings. The molecule has 2 aromatic heterocycles. The molecule has 0 radical (unpaired) electrons. The van der Waals surface area contributed by atoms with E-state index >= 15 is 0 Å². The summed E-state index contributed by atoms with van der Waals surface area (Å²) in [6.07, 6.45) is 2.28. The van der Waals surface area contributed by atoms with Crippen LogP contribution in [0.4, 0.5) is 0 Å². The summed E-state index contributed by atoms with van der Waals surface area (Å²) in [4.78, 5) is 20.3. The Balaban J connectivity index is 2.29. The van der Waals surface area contributed by atoms with E-state index < -0.39 is 0 Å². The van der Waals surface area contributed by atoms with Crippen LogP contribution in [0.3, 0.4) is 0 Å². The molecule has 0 N–H and O–H groups in total. The summed E-state index contributed by atoms with van der Waals surface area (Å²) < 4.78 is 6.60. The van der Waals surface area contributed by atoms with Gasteiger partial charge >= 0.3 is 0 Å². The molecule has 2 rings (SSSR count). The van der Waals surface area contributed by atoms with Gasteiger partial charge in [-0.3, -0.25) is 9.36 Å². The number of hydrogen-bond acceptors (Lipinski definition) is 5. The molecule has 2 aromatic rings. The zero-order valence-corrected chi connectivity index (χ0v) is 11.6. The topological polar surface area (TPSA) is 73.8 Å². The Morgan fingerprint density at radius 1 is 1.37 bits per heavy atom. The van der Waals surface area contributed by atoms with Gasteiger partial charge in [0.15, 0.2) is 5.82 Å². The van der Waals surface area contributed by atoms with Crippen LogP contribution in [0.2, 0.25) is 5.15 Å². The molecular formula is C12H15ClN4O2. The van der Waals surface area contributed by atoms with Crippen molar-refractivity contribution in [3.05, 3.63) is 39.1 Å². The highest BCUT2D eigenvalue weighted by molar-refractivity contribution is 6.29. The average molecular weight is 283 g/mol. The first-order valence-electron chi connectivity index (χ1n) is 6.21. The van der Waals surface area contributed by atoms with Crippen molar-refractivity contribution in [2.24, 2.45) is 0 Å². The van der Waals surface area contributed by atoms with E-state index in [0.717, 1.165) is 12.8 Å². The van der Waals surface area contributed by atoms with E-state index in [4.69, 9.17) is 16.1 Å². The summed E-state index contributed by atoms with van der Waals surface area (Å²) in [6.45, 7) is 4.19. The molecule has 0 bridgehead atoms. The fraction of sp³-hybridized carbons (Fsp3) is 0.500. The summed E-state index contributed by atoms with van der Waals surface area (Å²) in [6, 6.07) is 1.29. The smallest absolute Gasteiger partial charge is 0.255 e. The summed E-state index contributed by atoms with van der Waals surface area (Å²) in [5, 5.41) is 4.07. The van der Waals surface area contributed by atoms with Crippen molar-refractivity contribution in [3.63, 3.8) is 0 Å². The molecule has 19 heavy (non-hydrogen) atoms. The van der Waals surface area contributed by atoms with Crippen LogP contribution < -0.4 is 5.56 Å². The molecule has 0 unspecified atom stereocenters. The molecule has 0 saturated carbocycles. The third kappa shape index (κ3) is 3.20. The van der Waals surface area contributed by atoms with Gasteiger partial charge in [-0.05, 0) is 6.42 Å². The lowest BCUT2D eigenvalue weighted by atomic mass is 10.3. The van der Waals surface area contributed by atoms with Crippen molar-refractivity contribution in [3.8, 4) is 0 Å². The van der Waals surface area contributed by atoms with Crippen molar-refractivity contribution < 1.29 is 4.52 Å². The van der Waals surface area contributed by atoms with Crippen LogP contribution in [-0.4, -0.2) is 19.7 Å². The fourth-order valence-electron chi connectivity index (χ4n) is 1.77. The highest BCUT2D eigenvalue weighted by atomic mass is 35.5. The second-order valence-corrected chi connectivity index (χ2v) is 4.51. The van der Waals surface area contributed by atoms with E-state index in [1.165, 1.54) is 10.6 Å². The van der Waals surface area contributed by atoms with Crippen LogP contribution in [-0.2, 0) is 19.4 Å². The normalized spacial score (nSPS) is 10.9. The molecule has 0 aliphatic carbocycles. The molecule has 0 aromatic carbocycles. The minimum absolute atomic E-state index is 0.206. The van der Waals surface area contributed by atoms with Crippen LogP contribution in [0.1, 0.15) is 37.8 Å². The number of rotatable bonds is 5. The third-order valence-electron chi connectivity index (χ3n) is 2.65. The Labute approximate surface area is 115 Å². The van der Waals surface area contributed by atoms with Gasteiger partial charge in [0.25, 0.3) is 5.56 Å². The molecule has 0 atom stereocenters. The number of aryl methyl sites for hydroxylation is 2. The van der Waals surface area contributed by atoms with Crippen LogP contribution in [0.25, 0.3) is 0 Å². The number of hydrogen-bond donors (Lipinski definition) is 0. The van der Waals surface area contributed by atoms with Gasteiger partial charge in [0.2, 0.25) is 5.89 Å². The fourth-order valence-corrected chi connectivity index (χ4v) is 1.96. The largest absolute Gasteiger partial charge is 0.339 e. The first-order valence-corrected chi connectivity index (χ1v) is 6.59. The maximum absolute atomic E-state index is 11.9. The monoisotopic (exact) mass is 282 g/mol. The van der Waals surface area contributed by atoms with E-state index in [1.54, 1.807) is 0 Å². The van der Waals surface area contributed by atoms with Gasteiger partial charge in [0, 0.05) is 18.9 Å². The second-order valence-electron chi connectivity index (χ2n) is 4.13. The lowest BCUT2D eigenvalue weighted by Gasteiger charge is -2.08. The molecule has 6 nitrogen and oxygen atoms in total. The number of aromatic nitrogens is 4. The Morgan fingerprint density at radius 3 is 2.84 bits per heavy atom. The maximum Gasteiger partial charge on any atom is 0.255 e. The second kappa shape index (κ2) is 5.97. The van der Waals surface area contributed by atoms with Crippen LogP contribution >= 0.6 is 11.6 Å². The van der Waals surface area contributed by atoms with Gasteiger partial charge in [-0.2, -0.15) is 4.98 Å². The predicted octanol–water partition coefficient (Wildman–Crippen LogP) is 1.84. The molecule has 0 amide bonds. The zero-order valence-electron chi connectivity index (χ0n) is 10.9. The van der Waals surface area contributed by atoms with Crippen molar-refractivity contribution in [2.45, 2.75) is 39.7 Å². The van der Waals surface area contributed by atoms with Gasteiger partial charge < -0.3 is 4.52 Å². The molecule has 102 valence electrons. The van der Waals surface area contributed by atoms with E-state index in [9.17, 15) is 4.79 Å². The standard InChI is InChI=1S/C12H15ClN4O2/c1-3-5-11-15-9(16-19-11)7-17-10(4-2)14-8(13)6-12(17)18/h6H,3-5,7H2,1-2H3. The van der Waals surface area contributed by atoms with Crippen molar-refractivity contribution >= 4 is 11.6 Å². The molecular weight excluding hydrogens is 268 g/mol.